The van der Waals surface area contributed by atoms with Crippen molar-refractivity contribution in [2.45, 2.75) is 12.8 Å². The van der Waals surface area contributed by atoms with E-state index in [0.717, 1.165) is 23.3 Å². The van der Waals surface area contributed by atoms with E-state index in [1.807, 2.05) is 12.1 Å². The predicted molar refractivity (Wildman–Crippen MR) is 92.8 cm³/mol. The molecule has 5 nitrogen and oxygen atoms in total. The van der Waals surface area contributed by atoms with E-state index in [9.17, 15) is 13.2 Å². The molecule has 8 heteroatoms. The molecule has 0 radical (unpaired) electrons. The number of hydrogen-bond acceptors (Lipinski definition) is 5. The van der Waals surface area contributed by atoms with E-state index < -0.39 is 6.36 Å². The van der Waals surface area contributed by atoms with Crippen LogP contribution in [0.15, 0.2) is 64.3 Å². The average molecular weight is 374 g/mol. The maximum absolute atomic E-state index is 12.3. The van der Waals surface area contributed by atoms with E-state index in [-0.39, 0.29) is 5.75 Å². The number of halogens is 3. The maximum atomic E-state index is 12.3. The van der Waals surface area contributed by atoms with Crippen molar-refractivity contribution in [2.75, 3.05) is 6.61 Å². The van der Waals surface area contributed by atoms with Crippen LogP contribution in [0.1, 0.15) is 6.42 Å². The molecule has 2 heterocycles. The second-order valence-electron chi connectivity index (χ2n) is 5.84. The molecule has 0 spiro atoms. The molecule has 0 bridgehead atoms. The number of benzene rings is 2. The summed E-state index contributed by atoms with van der Waals surface area (Å²) >= 11 is 0. The molecule has 27 heavy (non-hydrogen) atoms. The minimum atomic E-state index is -4.71. The molecule has 0 saturated heterocycles. The van der Waals surface area contributed by atoms with Crippen molar-refractivity contribution in [1.29, 1.82) is 0 Å². The smallest absolute Gasteiger partial charge is 0.469 e. The van der Waals surface area contributed by atoms with Gasteiger partial charge in [-0.1, -0.05) is 24.3 Å². The van der Waals surface area contributed by atoms with Crippen LogP contribution in [-0.2, 0) is 0 Å². The van der Waals surface area contributed by atoms with Crippen LogP contribution in [0.3, 0.4) is 0 Å². The highest BCUT2D eigenvalue weighted by Gasteiger charge is 2.30. The molecule has 0 N–H and O–H groups in total. The van der Waals surface area contributed by atoms with Gasteiger partial charge in [0.25, 0.3) is 5.88 Å². The van der Waals surface area contributed by atoms with Gasteiger partial charge in [0.15, 0.2) is 5.58 Å². The summed E-state index contributed by atoms with van der Waals surface area (Å²) in [6.07, 6.45) is -0.310. The van der Waals surface area contributed by atoms with Gasteiger partial charge in [0, 0.05) is 12.6 Å². The van der Waals surface area contributed by atoms with Crippen molar-refractivity contribution in [3.05, 3.63) is 54.7 Å². The normalized spacial score (nSPS) is 13.8. The fraction of sp³-hybridized carbons (Fsp3) is 0.158. The van der Waals surface area contributed by atoms with Gasteiger partial charge in [-0.2, -0.15) is 0 Å². The minimum Gasteiger partial charge on any atom is -0.469 e. The van der Waals surface area contributed by atoms with Gasteiger partial charge in [-0.15, -0.1) is 13.2 Å². The van der Waals surface area contributed by atoms with E-state index in [1.165, 1.54) is 12.1 Å². The number of rotatable bonds is 5. The summed E-state index contributed by atoms with van der Waals surface area (Å²) < 4.78 is 51.6. The fourth-order valence-corrected chi connectivity index (χ4v) is 2.70. The summed E-state index contributed by atoms with van der Waals surface area (Å²) in [5.74, 6) is 0.0748. The maximum Gasteiger partial charge on any atom is 0.573 e. The van der Waals surface area contributed by atoms with Crippen molar-refractivity contribution in [1.82, 2.24) is 5.16 Å². The number of hydrogen-bond donors (Lipinski definition) is 0. The Morgan fingerprint density at radius 3 is 2.52 bits per heavy atom. The van der Waals surface area contributed by atoms with Crippen LogP contribution < -0.4 is 9.47 Å². The summed E-state index contributed by atoms with van der Waals surface area (Å²) in [5.41, 5.74) is 2.96. The van der Waals surface area contributed by atoms with Crippen LogP contribution in [0, 0.1) is 0 Å². The van der Waals surface area contributed by atoms with Gasteiger partial charge in [0.1, 0.15) is 12.4 Å². The zero-order valence-corrected chi connectivity index (χ0v) is 13.9. The van der Waals surface area contributed by atoms with Gasteiger partial charge in [-0.25, -0.2) is 0 Å². The Kier molecular flexibility index (Phi) is 4.31. The predicted octanol–water partition coefficient (Wildman–Crippen LogP) is 5.13. The molecule has 2 aromatic carbocycles. The Bertz CT molecular complexity index is 1020. The number of alkyl halides is 3. The molecule has 0 fully saturated rings. The standard InChI is InChI=1S/C19H13F3N2O3/c20-19(21,22)26-15-6-3-12(4-7-15)13-5-8-17-16(10-13)18(24-27-17)25-11-14-2-1-9-23-14/h1,3-10H,2,11H2. The van der Waals surface area contributed by atoms with Gasteiger partial charge in [0.05, 0.1) is 11.1 Å². The second kappa shape index (κ2) is 6.79. The topological polar surface area (TPSA) is 56.9 Å². The first kappa shape index (κ1) is 17.1. The summed E-state index contributed by atoms with van der Waals surface area (Å²) in [7, 11) is 0. The van der Waals surface area contributed by atoms with E-state index in [2.05, 4.69) is 14.9 Å². The van der Waals surface area contributed by atoms with Crippen LogP contribution in [0.2, 0.25) is 0 Å². The molecule has 0 unspecified atom stereocenters. The zero-order valence-electron chi connectivity index (χ0n) is 13.9. The Hall–Kier alpha value is -3.29. The van der Waals surface area contributed by atoms with Crippen LogP contribution in [0.25, 0.3) is 22.1 Å². The molecule has 1 aromatic heterocycles. The Morgan fingerprint density at radius 1 is 1.04 bits per heavy atom. The molecule has 138 valence electrons. The molecule has 1 aliphatic heterocycles. The van der Waals surface area contributed by atoms with Gasteiger partial charge in [0.2, 0.25) is 0 Å². The van der Waals surface area contributed by atoms with Crippen molar-refractivity contribution >= 4 is 16.7 Å². The monoisotopic (exact) mass is 374 g/mol. The molecule has 0 amide bonds. The first-order valence-electron chi connectivity index (χ1n) is 8.07. The van der Waals surface area contributed by atoms with Crippen LogP contribution in [-0.4, -0.2) is 23.8 Å². The van der Waals surface area contributed by atoms with Crippen molar-refractivity contribution < 1.29 is 27.2 Å². The molecular formula is C19H13F3N2O3. The summed E-state index contributed by atoms with van der Waals surface area (Å²) in [5, 5.41) is 4.60. The molecule has 0 atom stereocenters. The number of nitrogens with zero attached hydrogens (tertiary/aromatic N) is 2. The highest BCUT2D eigenvalue weighted by Crippen LogP contribution is 2.32. The lowest BCUT2D eigenvalue weighted by atomic mass is 10.0. The lowest BCUT2D eigenvalue weighted by Crippen LogP contribution is -2.16. The highest BCUT2D eigenvalue weighted by atomic mass is 19.4. The summed E-state index contributed by atoms with van der Waals surface area (Å²) in [6.45, 7) is 0.308. The van der Waals surface area contributed by atoms with Crippen LogP contribution in [0.5, 0.6) is 11.6 Å². The largest absolute Gasteiger partial charge is 0.573 e. The van der Waals surface area contributed by atoms with E-state index in [4.69, 9.17) is 9.26 Å². The minimum absolute atomic E-state index is 0.271. The third kappa shape index (κ3) is 3.94. The molecule has 3 aromatic rings. The molecule has 4 rings (SSSR count). The van der Waals surface area contributed by atoms with Crippen molar-refractivity contribution in [3.63, 3.8) is 0 Å². The highest BCUT2D eigenvalue weighted by molar-refractivity contribution is 5.90. The number of ether oxygens (including phenoxy) is 2. The molecule has 0 saturated carbocycles. The number of allylic oxidation sites excluding steroid dienone is 1. The van der Waals surface area contributed by atoms with E-state index in [0.29, 0.717) is 23.5 Å². The van der Waals surface area contributed by atoms with Crippen molar-refractivity contribution in [2.24, 2.45) is 4.99 Å². The Labute approximate surface area is 151 Å². The number of aliphatic imine (C=N–C) groups is 1. The first-order valence-corrected chi connectivity index (χ1v) is 8.07. The first-order chi connectivity index (χ1) is 13.0. The SMILES string of the molecule is FC(F)(F)Oc1ccc(-c2ccc3onc(OCC4=NC=CC4)c3c2)cc1. The molecule has 0 aliphatic carbocycles. The zero-order chi connectivity index (χ0) is 18.9. The van der Waals surface area contributed by atoms with Crippen LogP contribution in [0.4, 0.5) is 13.2 Å². The van der Waals surface area contributed by atoms with Gasteiger partial charge in [-0.3, -0.25) is 4.99 Å². The number of aromatic nitrogens is 1. The van der Waals surface area contributed by atoms with E-state index in [1.54, 1.807) is 30.5 Å². The lowest BCUT2D eigenvalue weighted by Gasteiger charge is -2.09. The molecular weight excluding hydrogens is 361 g/mol. The summed E-state index contributed by atoms with van der Waals surface area (Å²) in [4.78, 5) is 4.17. The third-order valence-electron chi connectivity index (χ3n) is 3.95. The third-order valence-corrected chi connectivity index (χ3v) is 3.95. The fourth-order valence-electron chi connectivity index (χ4n) is 2.70. The lowest BCUT2D eigenvalue weighted by molar-refractivity contribution is -0.274. The Morgan fingerprint density at radius 2 is 1.81 bits per heavy atom. The average Bonchev–Trinajstić information content (AvgIpc) is 3.28. The van der Waals surface area contributed by atoms with Gasteiger partial charge < -0.3 is 14.0 Å². The quantitative estimate of drug-likeness (QED) is 0.621. The molecule has 1 aliphatic rings. The summed E-state index contributed by atoms with van der Waals surface area (Å²) in [6, 6.07) is 11.0. The van der Waals surface area contributed by atoms with Crippen molar-refractivity contribution in [3.8, 4) is 22.8 Å². The number of fused-ring (bicyclic) bond motifs is 1. The van der Waals surface area contributed by atoms with Gasteiger partial charge in [-0.05, 0) is 40.5 Å². The van der Waals surface area contributed by atoms with E-state index >= 15 is 0 Å². The van der Waals surface area contributed by atoms with Crippen LogP contribution >= 0.6 is 0 Å². The Balaban J connectivity index is 1.56. The second-order valence-corrected chi connectivity index (χ2v) is 5.84. The van der Waals surface area contributed by atoms with Gasteiger partial charge >= 0.3 is 6.36 Å².